The van der Waals surface area contributed by atoms with Crippen LogP contribution in [0.3, 0.4) is 0 Å². The largest absolute Gasteiger partial charge is 0.378 e. The van der Waals surface area contributed by atoms with Crippen LogP contribution in [-0.4, -0.2) is 75.4 Å². The Labute approximate surface area is 126 Å². The van der Waals surface area contributed by atoms with Crippen LogP contribution in [0.15, 0.2) is 0 Å². The number of hydrogen-bond donors (Lipinski definition) is 2. The highest BCUT2D eigenvalue weighted by Crippen LogP contribution is 2.15. The molecule has 0 aromatic rings. The molecule has 8 nitrogen and oxygen atoms in total. The number of nitrogens with zero attached hydrogens (tertiary/aromatic N) is 2. The monoisotopic (exact) mass is 322 g/mol. The van der Waals surface area contributed by atoms with Crippen molar-refractivity contribution in [3.8, 4) is 0 Å². The Bertz CT molecular complexity index is 429. The third kappa shape index (κ3) is 4.89. The van der Waals surface area contributed by atoms with E-state index in [1.165, 1.54) is 15.7 Å². The highest BCUT2D eigenvalue weighted by atomic mass is 32.2. The summed E-state index contributed by atoms with van der Waals surface area (Å²) in [5.74, 6) is -0.313. The maximum absolute atomic E-state index is 12.6. The van der Waals surface area contributed by atoms with Gasteiger partial charge in [-0.1, -0.05) is 6.92 Å². The van der Waals surface area contributed by atoms with Crippen molar-refractivity contribution in [1.82, 2.24) is 13.9 Å². The lowest BCUT2D eigenvalue weighted by Crippen LogP contribution is -2.58. The summed E-state index contributed by atoms with van der Waals surface area (Å²) >= 11 is 0. The average Bonchev–Trinajstić information content (AvgIpc) is 2.50. The van der Waals surface area contributed by atoms with Gasteiger partial charge in [-0.2, -0.15) is 17.0 Å². The third-order valence-electron chi connectivity index (χ3n) is 3.30. The number of ether oxygens (including phenoxy) is 1. The second kappa shape index (κ2) is 8.64. The van der Waals surface area contributed by atoms with Crippen LogP contribution in [0.4, 0.5) is 0 Å². The second-order valence-corrected chi connectivity index (χ2v) is 6.95. The first-order valence-corrected chi connectivity index (χ1v) is 8.63. The van der Waals surface area contributed by atoms with Gasteiger partial charge in [0, 0.05) is 26.7 Å². The fourth-order valence-corrected chi connectivity index (χ4v) is 3.55. The van der Waals surface area contributed by atoms with E-state index in [1.54, 1.807) is 0 Å². The number of nitrogens with one attached hydrogen (secondary N) is 1. The molecule has 21 heavy (non-hydrogen) atoms. The van der Waals surface area contributed by atoms with Gasteiger partial charge in [0.05, 0.1) is 13.2 Å². The Morgan fingerprint density at radius 3 is 2.86 bits per heavy atom. The molecule has 9 heteroatoms. The zero-order valence-electron chi connectivity index (χ0n) is 12.7. The standard InChI is InChI=1S/C12H26N4O4S/c1-3-6-14-12(17)11-10-20-9-8-16(11)21(18,19)15(2)7-4-5-13/h11H,3-10,13H2,1-2H3,(H,14,17). The Morgan fingerprint density at radius 2 is 2.24 bits per heavy atom. The number of hydrogen-bond acceptors (Lipinski definition) is 5. The minimum absolute atomic E-state index is 0.0828. The lowest BCUT2D eigenvalue weighted by molar-refractivity contribution is -0.129. The summed E-state index contributed by atoms with van der Waals surface area (Å²) in [6.45, 7) is 3.77. The molecule has 124 valence electrons. The number of rotatable bonds is 8. The minimum Gasteiger partial charge on any atom is -0.378 e. The van der Waals surface area contributed by atoms with Crippen LogP contribution in [0, 0.1) is 0 Å². The predicted molar refractivity (Wildman–Crippen MR) is 79.8 cm³/mol. The maximum atomic E-state index is 12.6. The van der Waals surface area contributed by atoms with Gasteiger partial charge in [-0.25, -0.2) is 0 Å². The Kier molecular flexibility index (Phi) is 7.53. The molecule has 1 atom stereocenters. The molecule has 3 N–H and O–H groups in total. The van der Waals surface area contributed by atoms with Gasteiger partial charge in [-0.05, 0) is 19.4 Å². The van der Waals surface area contributed by atoms with Crippen molar-refractivity contribution in [1.29, 1.82) is 0 Å². The van der Waals surface area contributed by atoms with Gasteiger partial charge in [0.2, 0.25) is 5.91 Å². The lowest BCUT2D eigenvalue weighted by atomic mass is 10.2. The van der Waals surface area contributed by atoms with Gasteiger partial charge >= 0.3 is 0 Å². The van der Waals surface area contributed by atoms with E-state index in [0.29, 0.717) is 32.7 Å². The molecule has 1 aliphatic heterocycles. The van der Waals surface area contributed by atoms with Crippen LogP contribution in [-0.2, 0) is 19.7 Å². The quantitative estimate of drug-likeness (QED) is 0.580. The van der Waals surface area contributed by atoms with E-state index in [9.17, 15) is 13.2 Å². The number of nitrogens with two attached hydrogens (primary N) is 1. The van der Waals surface area contributed by atoms with Gasteiger partial charge in [0.1, 0.15) is 6.04 Å². The van der Waals surface area contributed by atoms with Gasteiger partial charge in [0.15, 0.2) is 0 Å². The van der Waals surface area contributed by atoms with Crippen LogP contribution in [0.1, 0.15) is 19.8 Å². The van der Waals surface area contributed by atoms with E-state index in [4.69, 9.17) is 10.5 Å². The normalized spacial score (nSPS) is 20.7. The molecule has 0 saturated carbocycles. The molecule has 0 bridgehead atoms. The molecule has 1 amide bonds. The van der Waals surface area contributed by atoms with Crippen LogP contribution in [0.2, 0.25) is 0 Å². The SMILES string of the molecule is CCCNC(=O)C1COCCN1S(=O)(=O)N(C)CCCN. The van der Waals surface area contributed by atoms with Crippen molar-refractivity contribution in [2.24, 2.45) is 5.73 Å². The molecule has 0 aromatic heterocycles. The molecular weight excluding hydrogens is 296 g/mol. The maximum Gasteiger partial charge on any atom is 0.282 e. The number of carbonyl (C=O) groups is 1. The smallest absolute Gasteiger partial charge is 0.282 e. The Morgan fingerprint density at radius 1 is 1.52 bits per heavy atom. The van der Waals surface area contributed by atoms with E-state index in [0.717, 1.165) is 6.42 Å². The number of carbonyl (C=O) groups excluding carboxylic acids is 1. The van der Waals surface area contributed by atoms with Crippen molar-refractivity contribution in [3.05, 3.63) is 0 Å². The van der Waals surface area contributed by atoms with Crippen LogP contribution < -0.4 is 11.1 Å². The molecule has 0 radical (unpaired) electrons. The zero-order valence-corrected chi connectivity index (χ0v) is 13.6. The van der Waals surface area contributed by atoms with Crippen molar-refractivity contribution < 1.29 is 17.9 Å². The van der Waals surface area contributed by atoms with Gasteiger partial charge in [0.25, 0.3) is 10.2 Å². The molecule has 0 aliphatic carbocycles. The first-order chi connectivity index (χ1) is 9.95. The van der Waals surface area contributed by atoms with E-state index in [2.05, 4.69) is 5.32 Å². The number of morpholine rings is 1. The summed E-state index contributed by atoms with van der Waals surface area (Å²) in [4.78, 5) is 12.1. The Balaban J connectivity index is 2.82. The van der Waals surface area contributed by atoms with Crippen LogP contribution >= 0.6 is 0 Å². The molecule has 1 heterocycles. The molecule has 0 spiro atoms. The van der Waals surface area contributed by atoms with Gasteiger partial charge < -0.3 is 15.8 Å². The first kappa shape index (κ1) is 18.3. The summed E-state index contributed by atoms with van der Waals surface area (Å²) in [6.07, 6.45) is 1.37. The van der Waals surface area contributed by atoms with E-state index in [1.807, 2.05) is 6.92 Å². The summed E-state index contributed by atoms with van der Waals surface area (Å²) in [5, 5.41) is 2.72. The number of amides is 1. The van der Waals surface area contributed by atoms with Crippen molar-refractivity contribution in [3.63, 3.8) is 0 Å². The highest BCUT2D eigenvalue weighted by Gasteiger charge is 2.39. The summed E-state index contributed by atoms with van der Waals surface area (Å²) in [5.41, 5.74) is 5.41. The van der Waals surface area contributed by atoms with Crippen molar-refractivity contribution in [2.75, 3.05) is 46.4 Å². The second-order valence-electron chi connectivity index (χ2n) is 4.96. The molecule has 1 fully saturated rings. The molecule has 1 rings (SSSR count). The van der Waals surface area contributed by atoms with Crippen LogP contribution in [0.25, 0.3) is 0 Å². The molecule has 1 unspecified atom stereocenters. The van der Waals surface area contributed by atoms with Crippen LogP contribution in [0.5, 0.6) is 0 Å². The average molecular weight is 322 g/mol. The predicted octanol–water partition coefficient (Wildman–Crippen LogP) is -1.26. The molecule has 1 aliphatic rings. The fourth-order valence-electron chi connectivity index (χ4n) is 2.05. The van der Waals surface area contributed by atoms with E-state index in [-0.39, 0.29) is 19.1 Å². The lowest BCUT2D eigenvalue weighted by Gasteiger charge is -2.35. The third-order valence-corrected chi connectivity index (χ3v) is 5.30. The fraction of sp³-hybridized carbons (Fsp3) is 0.917. The first-order valence-electron chi connectivity index (χ1n) is 7.23. The van der Waals surface area contributed by atoms with E-state index >= 15 is 0 Å². The molecule has 1 saturated heterocycles. The van der Waals surface area contributed by atoms with E-state index < -0.39 is 16.3 Å². The topological polar surface area (TPSA) is 105 Å². The van der Waals surface area contributed by atoms with Gasteiger partial charge in [-0.15, -0.1) is 0 Å². The highest BCUT2D eigenvalue weighted by molar-refractivity contribution is 7.86. The van der Waals surface area contributed by atoms with Crippen molar-refractivity contribution >= 4 is 16.1 Å². The zero-order chi connectivity index (χ0) is 15.9. The minimum atomic E-state index is -3.68. The summed E-state index contributed by atoms with van der Waals surface area (Å²) < 4.78 is 32.8. The summed E-state index contributed by atoms with van der Waals surface area (Å²) in [6, 6.07) is -0.810. The summed E-state index contributed by atoms with van der Waals surface area (Å²) in [7, 11) is -2.18. The van der Waals surface area contributed by atoms with Crippen molar-refractivity contribution in [2.45, 2.75) is 25.8 Å². The molecule has 0 aromatic carbocycles. The van der Waals surface area contributed by atoms with Gasteiger partial charge in [-0.3, -0.25) is 4.79 Å². The molecular formula is C12H26N4O4S. The Hall–Kier alpha value is -0.740.